The smallest absolute Gasteiger partial charge is 0.306 e. The first-order chi connectivity index (χ1) is 16.3. The number of hydrogen-bond donors (Lipinski definition) is 2. The predicted octanol–water partition coefficient (Wildman–Crippen LogP) is 6.02. The molecule has 34 heavy (non-hydrogen) atoms. The van der Waals surface area contributed by atoms with Crippen LogP contribution in [0.15, 0.2) is 53.5 Å². The van der Waals surface area contributed by atoms with Crippen molar-refractivity contribution in [3.63, 3.8) is 0 Å². The quantitative estimate of drug-likeness (QED) is 0.356. The number of aryl methyl sites for hydroxylation is 2. The van der Waals surface area contributed by atoms with Crippen molar-refractivity contribution in [2.24, 2.45) is 4.99 Å². The number of fused-ring (bicyclic) bond motifs is 3. The van der Waals surface area contributed by atoms with Gasteiger partial charge >= 0.3 is 5.97 Å². The fourth-order valence-electron chi connectivity index (χ4n) is 4.13. The maximum absolute atomic E-state index is 11.7. The van der Waals surface area contributed by atoms with Gasteiger partial charge in [-0.15, -0.1) is 21.5 Å². The number of nitrogens with one attached hydrogen (secondary N) is 1. The monoisotopic (exact) mass is 491 g/mol. The third-order valence-corrected chi connectivity index (χ3v) is 7.31. The van der Waals surface area contributed by atoms with Crippen LogP contribution in [0, 0.1) is 20.8 Å². The predicted molar refractivity (Wildman–Crippen MR) is 135 cm³/mol. The van der Waals surface area contributed by atoms with E-state index in [1.807, 2.05) is 60.0 Å². The van der Waals surface area contributed by atoms with Crippen LogP contribution in [0.5, 0.6) is 0 Å². The molecule has 7 nitrogen and oxygen atoms in total. The number of anilines is 2. The normalized spacial score (nSPS) is 14.7. The van der Waals surface area contributed by atoms with Crippen LogP contribution in [-0.4, -0.2) is 31.6 Å². The summed E-state index contributed by atoms with van der Waals surface area (Å²) in [6.07, 6.45) is -0.164. The highest BCUT2D eigenvalue weighted by atomic mass is 35.5. The van der Waals surface area contributed by atoms with Crippen molar-refractivity contribution in [3.05, 3.63) is 86.8 Å². The van der Waals surface area contributed by atoms with Crippen LogP contribution in [0.3, 0.4) is 0 Å². The highest BCUT2D eigenvalue weighted by molar-refractivity contribution is 7.15. The Bertz CT molecular complexity index is 1440. The topological polar surface area (TPSA) is 92.4 Å². The lowest BCUT2D eigenvalue weighted by molar-refractivity contribution is -0.137. The van der Waals surface area contributed by atoms with E-state index in [9.17, 15) is 9.90 Å². The Labute approximate surface area is 205 Å². The Morgan fingerprint density at radius 1 is 1.12 bits per heavy atom. The highest BCUT2D eigenvalue weighted by Gasteiger charge is 2.32. The molecule has 1 aliphatic heterocycles. The summed E-state index contributed by atoms with van der Waals surface area (Å²) in [4.78, 5) is 17.8. The third kappa shape index (κ3) is 3.99. The van der Waals surface area contributed by atoms with Crippen LogP contribution in [0.2, 0.25) is 5.02 Å². The molecule has 4 aromatic rings. The van der Waals surface area contributed by atoms with Gasteiger partial charge in [-0.2, -0.15) is 0 Å². The first kappa shape index (κ1) is 22.3. The number of aromatic nitrogens is 3. The van der Waals surface area contributed by atoms with E-state index in [0.717, 1.165) is 38.8 Å². The zero-order valence-electron chi connectivity index (χ0n) is 18.8. The molecule has 0 bridgehead atoms. The van der Waals surface area contributed by atoms with Gasteiger partial charge in [-0.05, 0) is 56.7 Å². The molecule has 0 amide bonds. The van der Waals surface area contributed by atoms with Crippen LogP contribution in [-0.2, 0) is 4.79 Å². The molecule has 0 radical (unpaired) electrons. The zero-order valence-corrected chi connectivity index (χ0v) is 20.4. The molecule has 0 unspecified atom stereocenters. The molecule has 1 atom stereocenters. The number of aliphatic carboxylic acids is 1. The lowest BCUT2D eigenvalue weighted by atomic mass is 9.99. The number of carbonyl (C=O) groups is 1. The van der Waals surface area contributed by atoms with E-state index in [0.29, 0.717) is 16.7 Å². The number of benzene rings is 2. The largest absolute Gasteiger partial charge is 0.481 e. The number of halogens is 1. The first-order valence-corrected chi connectivity index (χ1v) is 12.0. The van der Waals surface area contributed by atoms with E-state index in [2.05, 4.69) is 29.4 Å². The van der Waals surface area contributed by atoms with Crippen LogP contribution >= 0.6 is 22.9 Å². The maximum atomic E-state index is 11.7. The lowest BCUT2D eigenvalue weighted by Gasteiger charge is -2.12. The van der Waals surface area contributed by atoms with Gasteiger partial charge in [0.2, 0.25) is 0 Å². The van der Waals surface area contributed by atoms with E-state index in [1.54, 1.807) is 11.3 Å². The third-order valence-electron chi connectivity index (χ3n) is 5.88. The van der Waals surface area contributed by atoms with Crippen molar-refractivity contribution < 1.29 is 9.90 Å². The Kier molecular flexibility index (Phi) is 5.71. The summed E-state index contributed by atoms with van der Waals surface area (Å²) in [6.45, 7) is 6.04. The molecule has 9 heteroatoms. The molecule has 0 saturated heterocycles. The number of aliphatic imine (C=N–C) groups is 1. The maximum Gasteiger partial charge on any atom is 0.306 e. The Morgan fingerprint density at radius 2 is 1.88 bits per heavy atom. The summed E-state index contributed by atoms with van der Waals surface area (Å²) in [5.74, 6) is 0.335. The first-order valence-electron chi connectivity index (χ1n) is 10.8. The second kappa shape index (κ2) is 8.70. The molecule has 3 heterocycles. The standard InChI is InChI=1S/C25H22ClN5O2S/c1-13-14(2)34-25-22(13)23(28-20(12-21(32)33)24-30-29-15(3)31(24)25)16-7-9-18(10-8-16)27-19-6-4-5-17(26)11-19/h4-11,20,27H,12H2,1-3H3,(H,32,33)/t20-/m0/s1. The van der Waals surface area contributed by atoms with Gasteiger partial charge in [0.15, 0.2) is 5.82 Å². The van der Waals surface area contributed by atoms with Gasteiger partial charge in [0, 0.05) is 32.4 Å². The Balaban J connectivity index is 1.61. The number of hydrogen-bond acceptors (Lipinski definition) is 6. The summed E-state index contributed by atoms with van der Waals surface area (Å²) in [5.41, 5.74) is 5.60. The van der Waals surface area contributed by atoms with E-state index in [4.69, 9.17) is 16.6 Å². The van der Waals surface area contributed by atoms with Gasteiger partial charge in [0.1, 0.15) is 16.9 Å². The van der Waals surface area contributed by atoms with Crippen LogP contribution < -0.4 is 5.32 Å². The van der Waals surface area contributed by atoms with E-state index in [-0.39, 0.29) is 6.42 Å². The summed E-state index contributed by atoms with van der Waals surface area (Å²) < 4.78 is 1.96. The van der Waals surface area contributed by atoms with Gasteiger partial charge in [0.05, 0.1) is 12.1 Å². The fourth-order valence-corrected chi connectivity index (χ4v) is 5.54. The molecular formula is C25H22ClN5O2S. The molecule has 0 aliphatic carbocycles. The second-order valence-corrected chi connectivity index (χ2v) is 9.85. The fraction of sp³-hybridized carbons (Fsp3) is 0.200. The summed E-state index contributed by atoms with van der Waals surface area (Å²) in [6, 6.07) is 14.9. The molecular weight excluding hydrogens is 470 g/mol. The van der Waals surface area contributed by atoms with Crippen molar-refractivity contribution in [3.8, 4) is 5.00 Å². The number of carboxylic acid groups (broad SMARTS) is 1. The van der Waals surface area contributed by atoms with Gasteiger partial charge in [-0.3, -0.25) is 14.4 Å². The average Bonchev–Trinajstić information content (AvgIpc) is 3.26. The molecule has 0 saturated carbocycles. The second-order valence-electron chi connectivity index (χ2n) is 8.21. The van der Waals surface area contributed by atoms with Crippen molar-refractivity contribution in [1.29, 1.82) is 0 Å². The molecule has 1 aliphatic rings. The number of rotatable bonds is 5. The van der Waals surface area contributed by atoms with E-state index >= 15 is 0 Å². The SMILES string of the molecule is Cc1sc2c(c1C)C(c1ccc(Nc3cccc(Cl)c3)cc1)=N[C@@H](CC(=O)O)c1nnc(C)n1-2. The minimum Gasteiger partial charge on any atom is -0.481 e. The minimum absolute atomic E-state index is 0.164. The Hall–Kier alpha value is -3.49. The molecule has 5 rings (SSSR count). The van der Waals surface area contributed by atoms with E-state index in [1.165, 1.54) is 4.88 Å². The Morgan fingerprint density at radius 3 is 2.59 bits per heavy atom. The summed E-state index contributed by atoms with van der Waals surface area (Å²) in [7, 11) is 0. The minimum atomic E-state index is -0.931. The summed E-state index contributed by atoms with van der Waals surface area (Å²) in [5, 5.41) is 23.1. The zero-order chi connectivity index (χ0) is 24.0. The average molecular weight is 492 g/mol. The number of nitrogens with zero attached hydrogens (tertiary/aromatic N) is 4. The molecule has 2 N–H and O–H groups in total. The molecule has 2 aromatic carbocycles. The van der Waals surface area contributed by atoms with Gasteiger partial charge in [-0.25, -0.2) is 0 Å². The van der Waals surface area contributed by atoms with Gasteiger partial charge < -0.3 is 10.4 Å². The van der Waals surface area contributed by atoms with Crippen molar-refractivity contribution in [2.75, 3.05) is 5.32 Å². The lowest BCUT2D eigenvalue weighted by Crippen LogP contribution is -2.10. The van der Waals surface area contributed by atoms with E-state index < -0.39 is 12.0 Å². The highest BCUT2D eigenvalue weighted by Crippen LogP contribution is 2.39. The summed E-state index contributed by atoms with van der Waals surface area (Å²) >= 11 is 7.75. The molecule has 172 valence electrons. The van der Waals surface area contributed by atoms with Crippen LogP contribution in [0.1, 0.15) is 45.7 Å². The van der Waals surface area contributed by atoms with Gasteiger partial charge in [-0.1, -0.05) is 29.8 Å². The van der Waals surface area contributed by atoms with Crippen molar-refractivity contribution in [2.45, 2.75) is 33.2 Å². The number of carboxylic acids is 1. The number of thiophene rings is 1. The molecule has 0 spiro atoms. The molecule has 2 aromatic heterocycles. The van der Waals surface area contributed by atoms with Crippen molar-refractivity contribution in [1.82, 2.24) is 14.8 Å². The van der Waals surface area contributed by atoms with Crippen LogP contribution in [0.4, 0.5) is 11.4 Å². The van der Waals surface area contributed by atoms with Crippen molar-refractivity contribution >= 4 is 46.0 Å². The van der Waals surface area contributed by atoms with Crippen LogP contribution in [0.25, 0.3) is 5.00 Å². The van der Waals surface area contributed by atoms with Gasteiger partial charge in [0.25, 0.3) is 0 Å². The molecule has 0 fully saturated rings.